The average Bonchev–Trinajstić information content (AvgIpc) is 2.33. The van der Waals surface area contributed by atoms with Gasteiger partial charge in [0, 0.05) is 18.0 Å². The lowest BCUT2D eigenvalue weighted by atomic mass is 10.0. The predicted molar refractivity (Wildman–Crippen MR) is 71.6 cm³/mol. The van der Waals surface area contributed by atoms with Crippen molar-refractivity contribution < 1.29 is 0 Å². The Labute approximate surface area is 111 Å². The van der Waals surface area contributed by atoms with Crippen LogP contribution in [0.3, 0.4) is 0 Å². The number of benzene rings is 1. The molecule has 0 spiro atoms. The first-order chi connectivity index (χ1) is 8.11. The van der Waals surface area contributed by atoms with Gasteiger partial charge in [0.15, 0.2) is 0 Å². The van der Waals surface area contributed by atoms with Gasteiger partial charge in [-0.1, -0.05) is 49.2 Å². The van der Waals surface area contributed by atoms with Crippen molar-refractivity contribution in [3.63, 3.8) is 0 Å². The molecule has 0 fully saturated rings. The minimum absolute atomic E-state index is 0.343. The molecule has 0 radical (unpaired) electrons. The molecule has 2 nitrogen and oxygen atoms in total. The van der Waals surface area contributed by atoms with Crippen molar-refractivity contribution in [3.8, 4) is 11.3 Å². The summed E-state index contributed by atoms with van der Waals surface area (Å²) in [6.45, 7) is 4.17. The molecule has 1 heterocycles. The highest BCUT2D eigenvalue weighted by Gasteiger charge is 2.14. The Bertz CT molecular complexity index is 524. The summed E-state index contributed by atoms with van der Waals surface area (Å²) < 4.78 is 0. The number of hydrogen-bond acceptors (Lipinski definition) is 2. The molecule has 0 aliphatic heterocycles. The molecule has 0 bridgehead atoms. The third-order valence-corrected chi connectivity index (χ3v) is 3.47. The third kappa shape index (κ3) is 2.43. The van der Waals surface area contributed by atoms with Crippen LogP contribution in [-0.2, 0) is 0 Å². The Morgan fingerprint density at radius 3 is 2.41 bits per heavy atom. The number of aromatic nitrogens is 2. The Balaban J connectivity index is 2.56. The van der Waals surface area contributed by atoms with E-state index in [0.29, 0.717) is 16.0 Å². The van der Waals surface area contributed by atoms with E-state index >= 15 is 0 Å². The molecule has 0 saturated carbocycles. The molecule has 2 rings (SSSR count). The lowest BCUT2D eigenvalue weighted by Crippen LogP contribution is -1.92. The van der Waals surface area contributed by atoms with Crippen LogP contribution in [0.25, 0.3) is 11.3 Å². The van der Waals surface area contributed by atoms with Crippen LogP contribution in [0.4, 0.5) is 0 Å². The monoisotopic (exact) mass is 266 g/mol. The molecule has 0 atom stereocenters. The van der Waals surface area contributed by atoms with E-state index in [-0.39, 0.29) is 0 Å². The summed E-state index contributed by atoms with van der Waals surface area (Å²) in [6.07, 6.45) is 4.93. The average molecular weight is 267 g/mol. The fraction of sp³-hybridized carbons (Fsp3) is 0.231. The minimum Gasteiger partial charge on any atom is -0.261 e. The molecule has 17 heavy (non-hydrogen) atoms. The maximum atomic E-state index is 6.28. The summed E-state index contributed by atoms with van der Waals surface area (Å²) in [5.41, 5.74) is 2.59. The van der Waals surface area contributed by atoms with Gasteiger partial charge in [-0.25, -0.2) is 0 Å². The number of nitrogens with zero attached hydrogens (tertiary/aromatic N) is 2. The fourth-order valence-corrected chi connectivity index (χ4v) is 2.30. The molecule has 0 aliphatic rings. The topological polar surface area (TPSA) is 25.8 Å². The molecule has 1 aromatic heterocycles. The number of hydrogen-bond donors (Lipinski definition) is 0. The van der Waals surface area contributed by atoms with E-state index in [9.17, 15) is 0 Å². The van der Waals surface area contributed by atoms with Crippen LogP contribution in [0.15, 0.2) is 30.7 Å². The quantitative estimate of drug-likeness (QED) is 0.796. The van der Waals surface area contributed by atoms with Gasteiger partial charge in [0.1, 0.15) is 0 Å². The normalized spacial score (nSPS) is 10.9. The molecule has 0 unspecified atom stereocenters. The second-order valence-electron chi connectivity index (χ2n) is 4.08. The molecule has 2 aromatic rings. The van der Waals surface area contributed by atoms with Gasteiger partial charge in [0.25, 0.3) is 0 Å². The van der Waals surface area contributed by atoms with Gasteiger partial charge in [-0.3, -0.25) is 9.97 Å². The van der Waals surface area contributed by atoms with E-state index in [1.807, 2.05) is 12.1 Å². The molecular formula is C13H12Cl2N2. The van der Waals surface area contributed by atoms with Gasteiger partial charge >= 0.3 is 0 Å². The SMILES string of the molecule is CC(C)c1ccc(-c2cnccn2)c(Cl)c1Cl. The van der Waals surface area contributed by atoms with E-state index in [1.54, 1.807) is 18.6 Å². The largest absolute Gasteiger partial charge is 0.261 e. The van der Waals surface area contributed by atoms with E-state index in [0.717, 1.165) is 16.8 Å². The van der Waals surface area contributed by atoms with Crippen LogP contribution in [-0.4, -0.2) is 9.97 Å². The summed E-state index contributed by atoms with van der Waals surface area (Å²) in [5, 5.41) is 1.14. The van der Waals surface area contributed by atoms with Crippen molar-refractivity contribution in [1.29, 1.82) is 0 Å². The van der Waals surface area contributed by atoms with E-state index in [4.69, 9.17) is 23.2 Å². The van der Waals surface area contributed by atoms with Crippen molar-refractivity contribution in [2.45, 2.75) is 19.8 Å². The Kier molecular flexibility index (Phi) is 3.65. The van der Waals surface area contributed by atoms with Gasteiger partial charge < -0.3 is 0 Å². The highest BCUT2D eigenvalue weighted by atomic mass is 35.5. The van der Waals surface area contributed by atoms with Crippen LogP contribution in [0.2, 0.25) is 10.0 Å². The standard InChI is InChI=1S/C13H12Cl2N2/c1-8(2)9-3-4-10(13(15)12(9)14)11-7-16-5-6-17-11/h3-8H,1-2H3. The molecule has 1 aromatic carbocycles. The van der Waals surface area contributed by atoms with E-state index in [2.05, 4.69) is 23.8 Å². The predicted octanol–water partition coefficient (Wildman–Crippen LogP) is 4.57. The zero-order valence-electron chi connectivity index (χ0n) is 9.61. The third-order valence-electron chi connectivity index (χ3n) is 2.57. The number of halogens is 2. The van der Waals surface area contributed by atoms with Gasteiger partial charge in [0.05, 0.1) is 21.9 Å². The van der Waals surface area contributed by atoms with Crippen molar-refractivity contribution >= 4 is 23.2 Å². The van der Waals surface area contributed by atoms with Crippen molar-refractivity contribution in [2.75, 3.05) is 0 Å². The van der Waals surface area contributed by atoms with Crippen LogP contribution >= 0.6 is 23.2 Å². The van der Waals surface area contributed by atoms with Crippen molar-refractivity contribution in [1.82, 2.24) is 9.97 Å². The first-order valence-electron chi connectivity index (χ1n) is 5.35. The van der Waals surface area contributed by atoms with Gasteiger partial charge in [-0.05, 0) is 11.5 Å². The van der Waals surface area contributed by atoms with Crippen molar-refractivity contribution in [2.24, 2.45) is 0 Å². The van der Waals surface area contributed by atoms with Gasteiger partial charge in [-0.15, -0.1) is 0 Å². The Morgan fingerprint density at radius 2 is 1.82 bits per heavy atom. The fourth-order valence-electron chi connectivity index (χ4n) is 1.65. The van der Waals surface area contributed by atoms with Gasteiger partial charge in [-0.2, -0.15) is 0 Å². The zero-order chi connectivity index (χ0) is 12.4. The molecule has 4 heteroatoms. The van der Waals surface area contributed by atoms with E-state index < -0.39 is 0 Å². The van der Waals surface area contributed by atoms with Crippen LogP contribution in [0, 0.1) is 0 Å². The Morgan fingerprint density at radius 1 is 1.06 bits per heavy atom. The highest BCUT2D eigenvalue weighted by Crippen LogP contribution is 2.37. The number of rotatable bonds is 2. The highest BCUT2D eigenvalue weighted by molar-refractivity contribution is 6.44. The Hall–Kier alpha value is -1.12. The molecule has 0 aliphatic carbocycles. The molecule has 0 amide bonds. The summed E-state index contributed by atoms with van der Waals surface area (Å²) in [4.78, 5) is 8.25. The second kappa shape index (κ2) is 5.03. The lowest BCUT2D eigenvalue weighted by Gasteiger charge is -2.12. The van der Waals surface area contributed by atoms with Gasteiger partial charge in [0.2, 0.25) is 0 Å². The first kappa shape index (κ1) is 12.3. The first-order valence-corrected chi connectivity index (χ1v) is 6.11. The molecule has 0 N–H and O–H groups in total. The van der Waals surface area contributed by atoms with Crippen molar-refractivity contribution in [3.05, 3.63) is 46.3 Å². The summed E-state index contributed by atoms with van der Waals surface area (Å²) in [7, 11) is 0. The summed E-state index contributed by atoms with van der Waals surface area (Å²) in [5.74, 6) is 0.343. The maximum Gasteiger partial charge on any atom is 0.0900 e. The maximum absolute atomic E-state index is 6.28. The smallest absolute Gasteiger partial charge is 0.0900 e. The van der Waals surface area contributed by atoms with E-state index in [1.165, 1.54) is 0 Å². The molecular weight excluding hydrogens is 255 g/mol. The second-order valence-corrected chi connectivity index (χ2v) is 4.83. The zero-order valence-corrected chi connectivity index (χ0v) is 11.1. The minimum atomic E-state index is 0.343. The van der Waals surface area contributed by atoms with Crippen LogP contribution in [0.1, 0.15) is 25.3 Å². The lowest BCUT2D eigenvalue weighted by molar-refractivity contribution is 0.867. The van der Waals surface area contributed by atoms with Crippen LogP contribution in [0.5, 0.6) is 0 Å². The molecule has 88 valence electrons. The summed E-state index contributed by atoms with van der Waals surface area (Å²) in [6, 6.07) is 3.93. The van der Waals surface area contributed by atoms with Crippen LogP contribution < -0.4 is 0 Å². The summed E-state index contributed by atoms with van der Waals surface area (Å²) >= 11 is 12.5. The molecule has 0 saturated heterocycles.